The topological polar surface area (TPSA) is 59.0 Å². The standard InChI is InChI=1S/C21H13ClN4O/c22-12-9-10-16-14(11-12)21(20(27)24-16)25-15-6-2-1-5-13(15)19-23-17-7-3-4-8-18(17)26(19)21/h1-11,25H,(H,24,27)/t21-/m1/s1. The van der Waals surface area contributed by atoms with Gasteiger partial charge in [-0.2, -0.15) is 0 Å². The van der Waals surface area contributed by atoms with Gasteiger partial charge in [0.15, 0.2) is 0 Å². The third kappa shape index (κ3) is 1.74. The Morgan fingerprint density at radius 3 is 2.70 bits per heavy atom. The summed E-state index contributed by atoms with van der Waals surface area (Å²) >= 11 is 6.30. The first-order chi connectivity index (χ1) is 13.2. The van der Waals surface area contributed by atoms with E-state index in [1.165, 1.54) is 0 Å². The van der Waals surface area contributed by atoms with E-state index in [1.807, 2.05) is 65.2 Å². The first kappa shape index (κ1) is 14.8. The molecule has 3 aromatic carbocycles. The van der Waals surface area contributed by atoms with Gasteiger partial charge in [0.2, 0.25) is 5.66 Å². The Balaban J connectivity index is 1.80. The fraction of sp³-hybridized carbons (Fsp3) is 0.0476. The third-order valence-electron chi connectivity index (χ3n) is 5.33. The van der Waals surface area contributed by atoms with Crippen molar-refractivity contribution in [1.29, 1.82) is 0 Å². The quantitative estimate of drug-likeness (QED) is 0.480. The zero-order chi connectivity index (χ0) is 18.2. The molecule has 0 aliphatic carbocycles. The molecular formula is C21H13ClN4O. The van der Waals surface area contributed by atoms with E-state index < -0.39 is 5.66 Å². The van der Waals surface area contributed by atoms with Crippen LogP contribution in [0.1, 0.15) is 5.56 Å². The van der Waals surface area contributed by atoms with Crippen LogP contribution in [-0.2, 0) is 10.5 Å². The normalized spacial score (nSPS) is 19.4. The van der Waals surface area contributed by atoms with Crippen LogP contribution in [0.4, 0.5) is 11.4 Å². The van der Waals surface area contributed by atoms with E-state index in [0.29, 0.717) is 5.02 Å². The number of nitrogens with zero attached hydrogens (tertiary/aromatic N) is 2. The molecule has 0 fully saturated rings. The number of fused-ring (bicyclic) bond motifs is 8. The molecule has 1 aromatic heterocycles. The van der Waals surface area contributed by atoms with Crippen LogP contribution in [0.15, 0.2) is 66.7 Å². The highest BCUT2D eigenvalue weighted by Crippen LogP contribution is 2.49. The number of rotatable bonds is 0. The molecule has 1 spiro atoms. The number of imidazole rings is 1. The maximum Gasteiger partial charge on any atom is 0.276 e. The lowest BCUT2D eigenvalue weighted by molar-refractivity contribution is -0.120. The summed E-state index contributed by atoms with van der Waals surface area (Å²) in [5.74, 6) is 0.604. The lowest BCUT2D eigenvalue weighted by atomic mass is 9.95. The number of carbonyl (C=O) groups excluding carboxylic acids is 1. The van der Waals surface area contributed by atoms with Gasteiger partial charge in [-0.3, -0.25) is 9.36 Å². The summed E-state index contributed by atoms with van der Waals surface area (Å²) in [6.45, 7) is 0. The number of hydrogen-bond donors (Lipinski definition) is 2. The van der Waals surface area contributed by atoms with Crippen LogP contribution in [0.2, 0.25) is 5.02 Å². The summed E-state index contributed by atoms with van der Waals surface area (Å²) in [6, 6.07) is 21.2. The third-order valence-corrected chi connectivity index (χ3v) is 5.56. The van der Waals surface area contributed by atoms with Gasteiger partial charge in [-0.1, -0.05) is 35.9 Å². The van der Waals surface area contributed by atoms with Gasteiger partial charge in [-0.15, -0.1) is 0 Å². The second-order valence-corrected chi connectivity index (χ2v) is 7.22. The highest BCUT2D eigenvalue weighted by atomic mass is 35.5. The zero-order valence-electron chi connectivity index (χ0n) is 14.0. The molecule has 1 amide bonds. The molecule has 5 nitrogen and oxygen atoms in total. The number of nitrogens with one attached hydrogen (secondary N) is 2. The van der Waals surface area contributed by atoms with Crippen LogP contribution in [0.3, 0.4) is 0 Å². The van der Waals surface area contributed by atoms with Crippen LogP contribution in [-0.4, -0.2) is 15.5 Å². The predicted octanol–water partition coefficient (Wildman–Crippen LogP) is 4.44. The summed E-state index contributed by atoms with van der Waals surface area (Å²) in [7, 11) is 0. The Bertz CT molecular complexity index is 1280. The van der Waals surface area contributed by atoms with Gasteiger partial charge in [0.05, 0.1) is 11.0 Å². The average molecular weight is 373 g/mol. The van der Waals surface area contributed by atoms with Crippen molar-refractivity contribution < 1.29 is 4.79 Å². The second-order valence-electron chi connectivity index (χ2n) is 6.78. The molecule has 2 N–H and O–H groups in total. The average Bonchev–Trinajstić information content (AvgIpc) is 3.20. The van der Waals surface area contributed by atoms with Crippen LogP contribution in [0.25, 0.3) is 22.4 Å². The first-order valence-corrected chi connectivity index (χ1v) is 9.03. The molecule has 3 heterocycles. The van der Waals surface area contributed by atoms with Crippen LogP contribution < -0.4 is 10.6 Å². The van der Waals surface area contributed by atoms with Gasteiger partial charge in [-0.25, -0.2) is 4.98 Å². The van der Waals surface area contributed by atoms with Crippen molar-refractivity contribution in [1.82, 2.24) is 9.55 Å². The minimum atomic E-state index is -1.14. The molecule has 27 heavy (non-hydrogen) atoms. The predicted molar refractivity (Wildman–Crippen MR) is 106 cm³/mol. The second kappa shape index (κ2) is 4.90. The van der Waals surface area contributed by atoms with Gasteiger partial charge in [0.1, 0.15) is 5.82 Å². The van der Waals surface area contributed by atoms with Crippen molar-refractivity contribution in [3.63, 3.8) is 0 Å². The van der Waals surface area contributed by atoms with Crippen molar-refractivity contribution in [3.8, 4) is 11.4 Å². The zero-order valence-corrected chi connectivity index (χ0v) is 14.8. The summed E-state index contributed by atoms with van der Waals surface area (Å²) in [4.78, 5) is 18.2. The molecule has 130 valence electrons. The smallest absolute Gasteiger partial charge is 0.276 e. The van der Waals surface area contributed by atoms with Crippen molar-refractivity contribution in [2.24, 2.45) is 0 Å². The number of halogens is 1. The van der Waals surface area contributed by atoms with Gasteiger partial charge in [-0.05, 0) is 42.5 Å². The van der Waals surface area contributed by atoms with Crippen LogP contribution >= 0.6 is 11.6 Å². The Labute approximate surface area is 159 Å². The number of carbonyl (C=O) groups is 1. The highest BCUT2D eigenvalue weighted by molar-refractivity contribution is 6.31. The molecular weight excluding hydrogens is 360 g/mol. The lowest BCUT2D eigenvalue weighted by Crippen LogP contribution is -2.50. The summed E-state index contributed by atoms with van der Waals surface area (Å²) in [5, 5.41) is 7.07. The lowest BCUT2D eigenvalue weighted by Gasteiger charge is -2.37. The van der Waals surface area contributed by atoms with E-state index in [0.717, 1.165) is 39.4 Å². The van der Waals surface area contributed by atoms with E-state index in [-0.39, 0.29) is 5.91 Å². The van der Waals surface area contributed by atoms with Gasteiger partial charge < -0.3 is 10.6 Å². The molecule has 2 aliphatic heterocycles. The first-order valence-electron chi connectivity index (χ1n) is 8.65. The van der Waals surface area contributed by atoms with Crippen molar-refractivity contribution in [3.05, 3.63) is 77.3 Å². The van der Waals surface area contributed by atoms with Gasteiger partial charge in [0.25, 0.3) is 5.91 Å². The molecule has 0 unspecified atom stereocenters. The van der Waals surface area contributed by atoms with E-state index in [1.54, 1.807) is 6.07 Å². The largest absolute Gasteiger partial charge is 0.350 e. The van der Waals surface area contributed by atoms with E-state index in [2.05, 4.69) is 10.6 Å². The summed E-state index contributed by atoms with van der Waals surface area (Å²) < 4.78 is 1.99. The number of anilines is 2. The molecule has 6 rings (SSSR count). The Kier molecular flexibility index (Phi) is 2.69. The molecule has 0 bridgehead atoms. The number of aromatic nitrogens is 2. The Hall–Kier alpha value is -3.31. The summed E-state index contributed by atoms with van der Waals surface area (Å²) in [5.41, 5.74) is 3.95. The molecule has 2 aliphatic rings. The molecule has 6 heteroatoms. The maximum atomic E-state index is 13.4. The molecule has 0 saturated carbocycles. The van der Waals surface area contributed by atoms with Gasteiger partial charge >= 0.3 is 0 Å². The molecule has 0 radical (unpaired) electrons. The summed E-state index contributed by atoms with van der Waals surface area (Å²) in [6.07, 6.45) is 0. The van der Waals surface area contributed by atoms with Crippen molar-refractivity contribution in [2.45, 2.75) is 5.66 Å². The Morgan fingerprint density at radius 2 is 1.78 bits per heavy atom. The molecule has 1 atom stereocenters. The number of hydrogen-bond acceptors (Lipinski definition) is 3. The minimum absolute atomic E-state index is 0.154. The number of para-hydroxylation sites is 3. The fourth-order valence-electron chi connectivity index (χ4n) is 4.19. The van der Waals surface area contributed by atoms with Gasteiger partial charge in [0, 0.05) is 27.5 Å². The monoisotopic (exact) mass is 372 g/mol. The molecule has 0 saturated heterocycles. The van der Waals surface area contributed by atoms with E-state index >= 15 is 0 Å². The SMILES string of the molecule is O=C1Nc2ccc(Cl)cc2[C@]12Nc1ccccc1-c1nc3ccccc3n12. The highest BCUT2D eigenvalue weighted by Gasteiger charge is 2.53. The molecule has 4 aromatic rings. The number of amides is 1. The number of benzene rings is 3. The maximum absolute atomic E-state index is 13.4. The van der Waals surface area contributed by atoms with Crippen LogP contribution in [0, 0.1) is 0 Å². The van der Waals surface area contributed by atoms with E-state index in [9.17, 15) is 4.79 Å². The fourth-order valence-corrected chi connectivity index (χ4v) is 4.36. The van der Waals surface area contributed by atoms with Crippen molar-refractivity contribution in [2.75, 3.05) is 10.6 Å². The van der Waals surface area contributed by atoms with Crippen molar-refractivity contribution >= 4 is 39.9 Å². The van der Waals surface area contributed by atoms with Crippen LogP contribution in [0.5, 0.6) is 0 Å². The minimum Gasteiger partial charge on any atom is -0.350 e. The van der Waals surface area contributed by atoms with E-state index in [4.69, 9.17) is 16.6 Å². The Morgan fingerprint density at radius 1 is 0.963 bits per heavy atom.